The molecule has 1 aromatic heterocycles. The number of furan rings is 1. The van der Waals surface area contributed by atoms with Gasteiger partial charge < -0.3 is 15.5 Å². The van der Waals surface area contributed by atoms with Gasteiger partial charge in [-0.15, -0.1) is 0 Å². The van der Waals surface area contributed by atoms with Gasteiger partial charge in [0.15, 0.2) is 5.76 Å². The van der Waals surface area contributed by atoms with E-state index in [-0.39, 0.29) is 5.91 Å². The van der Waals surface area contributed by atoms with E-state index in [9.17, 15) is 4.79 Å². The molecular weight excluding hydrogens is 204 g/mol. The van der Waals surface area contributed by atoms with Gasteiger partial charge in [0.05, 0.1) is 6.26 Å². The average Bonchev–Trinajstić information content (AvgIpc) is 2.68. The normalized spacial score (nSPS) is 10.1. The van der Waals surface area contributed by atoms with E-state index in [1.807, 2.05) is 6.92 Å². The predicted octanol–water partition coefficient (Wildman–Crippen LogP) is 2.22. The summed E-state index contributed by atoms with van der Waals surface area (Å²) >= 11 is 0. The van der Waals surface area contributed by atoms with Crippen LogP contribution >= 0.6 is 0 Å². The van der Waals surface area contributed by atoms with Crippen LogP contribution in [0, 0.1) is 13.0 Å². The molecular formula is C12H11N2O2. The van der Waals surface area contributed by atoms with Crippen molar-refractivity contribution in [1.82, 2.24) is 0 Å². The van der Waals surface area contributed by atoms with E-state index in [1.165, 1.54) is 6.26 Å². The molecule has 1 heterocycles. The number of nitrogen functional groups attached to an aromatic ring is 1. The largest absolute Gasteiger partial charge is 0.459 e. The standard InChI is InChI=1S/C12H11N2O2/c1-8-6-7-16-11(8)12(15)14-10-4-2-9(13)3-5-10/h2,4-7H,13H2,1H3,(H,14,15). The summed E-state index contributed by atoms with van der Waals surface area (Å²) in [6.07, 6.45) is 1.49. The fourth-order valence-corrected chi connectivity index (χ4v) is 1.31. The molecule has 0 aliphatic heterocycles. The van der Waals surface area contributed by atoms with Gasteiger partial charge in [-0.2, -0.15) is 0 Å². The molecule has 2 aromatic rings. The Bertz CT molecular complexity index is 500. The van der Waals surface area contributed by atoms with Crippen molar-refractivity contribution in [2.45, 2.75) is 6.92 Å². The number of carbonyl (C=O) groups excluding carboxylic acids is 1. The van der Waals surface area contributed by atoms with Crippen molar-refractivity contribution in [1.29, 1.82) is 0 Å². The zero-order valence-electron chi connectivity index (χ0n) is 8.78. The Morgan fingerprint density at radius 2 is 2.25 bits per heavy atom. The van der Waals surface area contributed by atoms with Crippen LogP contribution in [0.2, 0.25) is 0 Å². The van der Waals surface area contributed by atoms with Crippen molar-refractivity contribution in [3.63, 3.8) is 0 Å². The lowest BCUT2D eigenvalue weighted by Crippen LogP contribution is -2.11. The summed E-state index contributed by atoms with van der Waals surface area (Å²) in [6, 6.07) is 9.54. The minimum absolute atomic E-state index is 0.277. The average molecular weight is 215 g/mol. The van der Waals surface area contributed by atoms with Crippen molar-refractivity contribution in [3.8, 4) is 0 Å². The molecule has 3 N–H and O–H groups in total. The number of hydrogen-bond acceptors (Lipinski definition) is 3. The second-order valence-electron chi connectivity index (χ2n) is 3.42. The second kappa shape index (κ2) is 4.10. The fraction of sp³-hybridized carbons (Fsp3) is 0.0833. The van der Waals surface area contributed by atoms with Gasteiger partial charge >= 0.3 is 0 Å². The summed E-state index contributed by atoms with van der Waals surface area (Å²) in [7, 11) is 0. The maximum Gasteiger partial charge on any atom is 0.291 e. The van der Waals surface area contributed by atoms with Gasteiger partial charge in [0.25, 0.3) is 5.91 Å². The smallest absolute Gasteiger partial charge is 0.291 e. The van der Waals surface area contributed by atoms with Gasteiger partial charge in [-0.3, -0.25) is 4.79 Å². The van der Waals surface area contributed by atoms with E-state index < -0.39 is 0 Å². The number of nitrogens with two attached hydrogens (primary N) is 1. The number of benzene rings is 1. The van der Waals surface area contributed by atoms with Crippen LogP contribution in [0.4, 0.5) is 11.4 Å². The third-order valence-corrected chi connectivity index (χ3v) is 2.16. The van der Waals surface area contributed by atoms with Crippen molar-refractivity contribution < 1.29 is 9.21 Å². The molecule has 2 rings (SSSR count). The van der Waals surface area contributed by atoms with Crippen LogP contribution in [0.1, 0.15) is 16.1 Å². The number of aryl methyl sites for hydroxylation is 1. The van der Waals surface area contributed by atoms with Crippen molar-refractivity contribution in [2.24, 2.45) is 0 Å². The van der Waals surface area contributed by atoms with Crippen molar-refractivity contribution in [3.05, 3.63) is 47.9 Å². The van der Waals surface area contributed by atoms with E-state index in [0.29, 0.717) is 17.1 Å². The molecule has 81 valence electrons. The first-order chi connectivity index (χ1) is 7.66. The van der Waals surface area contributed by atoms with Crippen molar-refractivity contribution >= 4 is 17.3 Å². The molecule has 16 heavy (non-hydrogen) atoms. The predicted molar refractivity (Wildman–Crippen MR) is 61.1 cm³/mol. The minimum atomic E-state index is -0.277. The Labute approximate surface area is 93.1 Å². The number of carbonyl (C=O) groups is 1. The van der Waals surface area contributed by atoms with Gasteiger partial charge in [0.1, 0.15) is 0 Å². The monoisotopic (exact) mass is 215 g/mol. The van der Waals surface area contributed by atoms with Crippen LogP contribution < -0.4 is 11.1 Å². The van der Waals surface area contributed by atoms with Crippen LogP contribution in [0.5, 0.6) is 0 Å². The molecule has 0 atom stereocenters. The maximum atomic E-state index is 11.7. The topological polar surface area (TPSA) is 68.3 Å². The van der Waals surface area contributed by atoms with Crippen LogP contribution in [0.25, 0.3) is 0 Å². The number of amides is 1. The van der Waals surface area contributed by atoms with Gasteiger partial charge in [0.2, 0.25) is 0 Å². The number of anilines is 2. The zero-order chi connectivity index (χ0) is 11.5. The number of nitrogens with one attached hydrogen (secondary N) is 1. The zero-order valence-corrected chi connectivity index (χ0v) is 8.78. The molecule has 0 saturated carbocycles. The lowest BCUT2D eigenvalue weighted by atomic mass is 10.2. The SMILES string of the molecule is Cc1ccoc1C(=O)Nc1c[c]c(N)cc1. The molecule has 1 amide bonds. The second-order valence-corrected chi connectivity index (χ2v) is 3.42. The highest BCUT2D eigenvalue weighted by Gasteiger charge is 2.12. The minimum Gasteiger partial charge on any atom is -0.459 e. The number of rotatable bonds is 2. The fourth-order valence-electron chi connectivity index (χ4n) is 1.31. The van der Waals surface area contributed by atoms with Gasteiger partial charge in [-0.1, -0.05) is 0 Å². The van der Waals surface area contributed by atoms with Crippen molar-refractivity contribution in [2.75, 3.05) is 11.1 Å². The van der Waals surface area contributed by atoms with Gasteiger partial charge in [0, 0.05) is 23.0 Å². The van der Waals surface area contributed by atoms with Gasteiger partial charge in [-0.25, -0.2) is 0 Å². The molecule has 0 aliphatic carbocycles. The molecule has 1 aromatic carbocycles. The molecule has 1 radical (unpaired) electrons. The summed E-state index contributed by atoms with van der Waals surface area (Å²) in [5.74, 6) is 0.0393. The van der Waals surface area contributed by atoms with Crippen LogP contribution in [-0.4, -0.2) is 5.91 Å². The Morgan fingerprint density at radius 1 is 1.44 bits per heavy atom. The lowest BCUT2D eigenvalue weighted by molar-refractivity contribution is 0.0996. The maximum absolute atomic E-state index is 11.7. The third kappa shape index (κ3) is 2.06. The Kier molecular flexibility index (Phi) is 2.64. The summed E-state index contributed by atoms with van der Waals surface area (Å²) < 4.78 is 5.08. The van der Waals surface area contributed by atoms with E-state index in [4.69, 9.17) is 10.2 Å². The summed E-state index contributed by atoms with van der Waals surface area (Å²) in [5, 5.41) is 2.69. The first-order valence-electron chi connectivity index (χ1n) is 4.79. The summed E-state index contributed by atoms with van der Waals surface area (Å²) in [6.45, 7) is 1.81. The molecule has 0 bridgehead atoms. The molecule has 0 aliphatic rings. The Balaban J connectivity index is 2.14. The third-order valence-electron chi connectivity index (χ3n) is 2.16. The highest BCUT2D eigenvalue weighted by Crippen LogP contribution is 2.14. The van der Waals surface area contributed by atoms with E-state index in [1.54, 1.807) is 24.3 Å². The van der Waals surface area contributed by atoms with E-state index in [0.717, 1.165) is 5.56 Å². The molecule has 0 saturated heterocycles. The van der Waals surface area contributed by atoms with E-state index in [2.05, 4.69) is 11.4 Å². The lowest BCUT2D eigenvalue weighted by Gasteiger charge is -2.03. The molecule has 0 fully saturated rings. The first-order valence-corrected chi connectivity index (χ1v) is 4.79. The van der Waals surface area contributed by atoms with Gasteiger partial charge in [-0.05, 0) is 31.2 Å². The van der Waals surface area contributed by atoms with E-state index >= 15 is 0 Å². The molecule has 0 spiro atoms. The number of hydrogen-bond donors (Lipinski definition) is 2. The molecule has 0 unspecified atom stereocenters. The molecule has 4 heteroatoms. The summed E-state index contributed by atoms with van der Waals surface area (Å²) in [5.41, 5.74) is 7.46. The Hall–Kier alpha value is -2.23. The quantitative estimate of drug-likeness (QED) is 0.755. The van der Waals surface area contributed by atoms with Crippen LogP contribution in [-0.2, 0) is 0 Å². The van der Waals surface area contributed by atoms with Crippen LogP contribution in [0.15, 0.2) is 34.9 Å². The van der Waals surface area contributed by atoms with Crippen LogP contribution in [0.3, 0.4) is 0 Å². The highest BCUT2D eigenvalue weighted by atomic mass is 16.3. The highest BCUT2D eigenvalue weighted by molar-refractivity contribution is 6.03. The Morgan fingerprint density at radius 3 is 2.81 bits per heavy atom. The molecule has 4 nitrogen and oxygen atoms in total. The summed E-state index contributed by atoms with van der Waals surface area (Å²) in [4.78, 5) is 11.7. The first kappa shape index (κ1) is 10.3.